The zero-order valence-corrected chi connectivity index (χ0v) is 11.6. The van der Waals surface area contributed by atoms with E-state index in [0.29, 0.717) is 5.92 Å². The van der Waals surface area contributed by atoms with Crippen molar-refractivity contribution in [1.82, 2.24) is 4.90 Å². The van der Waals surface area contributed by atoms with Crippen LogP contribution in [0.3, 0.4) is 0 Å². The zero-order chi connectivity index (χ0) is 11.8. The van der Waals surface area contributed by atoms with Crippen LogP contribution in [0.2, 0.25) is 5.02 Å². The van der Waals surface area contributed by atoms with Crippen LogP contribution >= 0.6 is 24.0 Å². The molecule has 98 valence electrons. The van der Waals surface area contributed by atoms with Crippen LogP contribution in [0, 0.1) is 5.92 Å². The predicted octanol–water partition coefficient (Wildman–Crippen LogP) is 3.19. The minimum absolute atomic E-state index is 0. The van der Waals surface area contributed by atoms with Crippen molar-refractivity contribution in [3.05, 3.63) is 40.5 Å². The number of benzene rings is 1. The first-order valence-electron chi connectivity index (χ1n) is 6.15. The number of aliphatic hydroxyl groups is 1. The molecule has 4 rings (SSSR count). The summed E-state index contributed by atoms with van der Waals surface area (Å²) in [6.07, 6.45) is 3.95. The van der Waals surface area contributed by atoms with Crippen molar-refractivity contribution in [2.24, 2.45) is 5.92 Å². The number of piperidine rings is 3. The summed E-state index contributed by atoms with van der Waals surface area (Å²) in [6.45, 7) is 2.13. The van der Waals surface area contributed by atoms with Crippen LogP contribution in [0.5, 0.6) is 0 Å². The van der Waals surface area contributed by atoms with E-state index in [9.17, 15) is 5.11 Å². The SMILES string of the molecule is Cl.OC1/C(=C/c2ccccc2Cl)N2CCC1CC2. The fourth-order valence-corrected chi connectivity index (χ4v) is 3.02. The van der Waals surface area contributed by atoms with E-state index < -0.39 is 0 Å². The standard InChI is InChI=1S/C14H16ClNO.ClH/c15-12-4-2-1-3-11(12)9-13-14(17)10-5-7-16(13)8-6-10;/h1-4,9-10,14,17H,5-8H2;1H/b13-9-;. The molecule has 3 saturated heterocycles. The lowest BCUT2D eigenvalue weighted by Crippen LogP contribution is -2.48. The molecule has 1 aromatic carbocycles. The fourth-order valence-electron chi connectivity index (χ4n) is 2.83. The van der Waals surface area contributed by atoms with Gasteiger partial charge in [0, 0.05) is 23.8 Å². The number of rotatable bonds is 1. The van der Waals surface area contributed by atoms with Crippen LogP contribution in [0.15, 0.2) is 30.0 Å². The summed E-state index contributed by atoms with van der Waals surface area (Å²) >= 11 is 6.15. The van der Waals surface area contributed by atoms with Crippen LogP contribution in [-0.4, -0.2) is 29.2 Å². The Bertz CT molecular complexity index is 449. The van der Waals surface area contributed by atoms with Crippen molar-refractivity contribution < 1.29 is 5.11 Å². The van der Waals surface area contributed by atoms with E-state index >= 15 is 0 Å². The number of aliphatic hydroxyl groups excluding tert-OH is 1. The monoisotopic (exact) mass is 285 g/mol. The molecule has 0 saturated carbocycles. The van der Waals surface area contributed by atoms with Crippen molar-refractivity contribution >= 4 is 30.1 Å². The van der Waals surface area contributed by atoms with Crippen molar-refractivity contribution in [2.45, 2.75) is 18.9 Å². The Morgan fingerprint density at radius 2 is 1.89 bits per heavy atom. The van der Waals surface area contributed by atoms with Crippen LogP contribution < -0.4 is 0 Å². The summed E-state index contributed by atoms with van der Waals surface area (Å²) in [4.78, 5) is 2.29. The average molecular weight is 286 g/mol. The first-order chi connectivity index (χ1) is 8.25. The van der Waals surface area contributed by atoms with Crippen LogP contribution in [0.4, 0.5) is 0 Å². The summed E-state index contributed by atoms with van der Waals surface area (Å²) in [5, 5.41) is 11.0. The van der Waals surface area contributed by atoms with Gasteiger partial charge in [-0.2, -0.15) is 0 Å². The predicted molar refractivity (Wildman–Crippen MR) is 77.0 cm³/mol. The Balaban J connectivity index is 0.00000120. The number of fused-ring (bicyclic) bond motifs is 3. The van der Waals surface area contributed by atoms with E-state index in [1.807, 2.05) is 30.3 Å². The summed E-state index contributed by atoms with van der Waals surface area (Å²) in [7, 11) is 0. The molecule has 3 aliphatic rings. The third-order valence-corrected chi connectivity index (χ3v) is 4.21. The molecular formula is C14H17Cl2NO. The molecule has 2 nitrogen and oxygen atoms in total. The second-order valence-corrected chi connectivity index (χ2v) is 5.27. The Kier molecular flexibility index (Phi) is 4.21. The molecule has 4 heteroatoms. The maximum atomic E-state index is 10.3. The molecule has 0 radical (unpaired) electrons. The lowest BCUT2D eigenvalue weighted by Gasteiger charge is -2.46. The highest BCUT2D eigenvalue weighted by Crippen LogP contribution is 2.36. The molecule has 0 aliphatic carbocycles. The molecule has 18 heavy (non-hydrogen) atoms. The highest BCUT2D eigenvalue weighted by atomic mass is 35.5. The third-order valence-electron chi connectivity index (χ3n) is 3.86. The first-order valence-corrected chi connectivity index (χ1v) is 6.52. The topological polar surface area (TPSA) is 23.5 Å². The number of nitrogens with zero attached hydrogens (tertiary/aromatic N) is 1. The molecule has 1 aromatic rings. The quantitative estimate of drug-likeness (QED) is 0.857. The van der Waals surface area contributed by atoms with Gasteiger partial charge in [0.25, 0.3) is 0 Å². The van der Waals surface area contributed by atoms with Crippen LogP contribution in [0.1, 0.15) is 18.4 Å². The summed E-state index contributed by atoms with van der Waals surface area (Å²) in [5.74, 6) is 0.439. The van der Waals surface area contributed by atoms with E-state index in [2.05, 4.69) is 4.90 Å². The van der Waals surface area contributed by atoms with Gasteiger partial charge in [0.2, 0.25) is 0 Å². The normalized spacial score (nSPS) is 28.3. The van der Waals surface area contributed by atoms with Gasteiger partial charge in [-0.1, -0.05) is 29.8 Å². The second kappa shape index (κ2) is 5.52. The fraction of sp³-hybridized carbons (Fsp3) is 0.429. The van der Waals surface area contributed by atoms with E-state index in [4.69, 9.17) is 11.6 Å². The summed E-state index contributed by atoms with van der Waals surface area (Å²) in [6, 6.07) is 7.78. The van der Waals surface area contributed by atoms with Gasteiger partial charge >= 0.3 is 0 Å². The Labute approximate surface area is 119 Å². The molecule has 0 spiro atoms. The number of hydrogen-bond donors (Lipinski definition) is 1. The molecule has 1 unspecified atom stereocenters. The third kappa shape index (κ3) is 2.37. The molecule has 0 aromatic heterocycles. The van der Waals surface area contributed by atoms with Gasteiger partial charge in [-0.3, -0.25) is 0 Å². The van der Waals surface area contributed by atoms with Crippen molar-refractivity contribution in [3.8, 4) is 0 Å². The Morgan fingerprint density at radius 3 is 2.50 bits per heavy atom. The lowest BCUT2D eigenvalue weighted by molar-refractivity contribution is 0.0215. The molecule has 3 heterocycles. The summed E-state index contributed by atoms with van der Waals surface area (Å²) in [5.41, 5.74) is 2.04. The average Bonchev–Trinajstić information content (AvgIpc) is 2.36. The smallest absolute Gasteiger partial charge is 0.0965 e. The maximum absolute atomic E-state index is 10.3. The molecule has 3 fully saturated rings. The molecule has 0 amide bonds. The number of hydrogen-bond acceptors (Lipinski definition) is 2. The minimum Gasteiger partial charge on any atom is -0.387 e. The van der Waals surface area contributed by atoms with Gasteiger partial charge < -0.3 is 10.0 Å². The van der Waals surface area contributed by atoms with Gasteiger partial charge in [0.1, 0.15) is 0 Å². The first kappa shape index (κ1) is 13.7. The van der Waals surface area contributed by atoms with Gasteiger partial charge in [-0.25, -0.2) is 0 Å². The Hall–Kier alpha value is -0.700. The van der Waals surface area contributed by atoms with Crippen LogP contribution in [0.25, 0.3) is 6.08 Å². The van der Waals surface area contributed by atoms with E-state index in [0.717, 1.165) is 42.2 Å². The highest BCUT2D eigenvalue weighted by Gasteiger charge is 2.36. The number of halogens is 2. The van der Waals surface area contributed by atoms with Crippen molar-refractivity contribution in [3.63, 3.8) is 0 Å². The summed E-state index contributed by atoms with van der Waals surface area (Å²) < 4.78 is 0. The molecule has 3 aliphatic heterocycles. The van der Waals surface area contributed by atoms with E-state index in [1.54, 1.807) is 0 Å². The highest BCUT2D eigenvalue weighted by molar-refractivity contribution is 6.32. The molecule has 1 atom stereocenters. The minimum atomic E-state index is -0.311. The van der Waals surface area contributed by atoms with E-state index in [-0.39, 0.29) is 18.5 Å². The van der Waals surface area contributed by atoms with E-state index in [1.165, 1.54) is 0 Å². The van der Waals surface area contributed by atoms with Gasteiger partial charge in [-0.15, -0.1) is 12.4 Å². The van der Waals surface area contributed by atoms with Gasteiger partial charge in [0.05, 0.1) is 6.10 Å². The maximum Gasteiger partial charge on any atom is 0.0965 e. The van der Waals surface area contributed by atoms with Crippen LogP contribution in [-0.2, 0) is 0 Å². The second-order valence-electron chi connectivity index (χ2n) is 4.86. The Morgan fingerprint density at radius 1 is 1.22 bits per heavy atom. The van der Waals surface area contributed by atoms with Crippen molar-refractivity contribution in [1.29, 1.82) is 0 Å². The van der Waals surface area contributed by atoms with Crippen molar-refractivity contribution in [2.75, 3.05) is 13.1 Å². The zero-order valence-electron chi connectivity index (χ0n) is 10.1. The largest absolute Gasteiger partial charge is 0.387 e. The lowest BCUT2D eigenvalue weighted by atomic mass is 9.83. The molecule has 2 bridgehead atoms. The molecule has 1 N–H and O–H groups in total. The molecular weight excluding hydrogens is 269 g/mol. The van der Waals surface area contributed by atoms with Gasteiger partial charge in [0.15, 0.2) is 0 Å². The van der Waals surface area contributed by atoms with Gasteiger partial charge in [-0.05, 0) is 36.5 Å².